The molecule has 0 spiro atoms. The van der Waals surface area contributed by atoms with Crippen molar-refractivity contribution in [2.24, 2.45) is 17.6 Å². The number of phenols is 1. The number of nitrogens with two attached hydrogens (primary N) is 1. The molecule has 0 saturated heterocycles. The molecule has 3 aliphatic rings. The van der Waals surface area contributed by atoms with Gasteiger partial charge in [-0.1, -0.05) is 18.2 Å². The number of primary amides is 1. The molecule has 0 heterocycles. The monoisotopic (exact) mass is 605 g/mol. The summed E-state index contributed by atoms with van der Waals surface area (Å²) in [4.78, 5) is 55.3. The molecule has 2 aromatic carbocycles. The van der Waals surface area contributed by atoms with Gasteiger partial charge in [0.15, 0.2) is 11.4 Å². The fraction of sp³-hybridized carbons (Fsp3) is 0.375. The third-order valence-corrected chi connectivity index (χ3v) is 8.83. The van der Waals surface area contributed by atoms with Gasteiger partial charge in [0, 0.05) is 31.3 Å². The van der Waals surface area contributed by atoms with Crippen LogP contribution in [0.4, 0.5) is 5.69 Å². The molecular weight excluding hydrogens is 570 g/mol. The van der Waals surface area contributed by atoms with Crippen LogP contribution < -0.4 is 15.4 Å². The summed E-state index contributed by atoms with van der Waals surface area (Å²) >= 11 is 0. The van der Waals surface area contributed by atoms with E-state index in [4.69, 9.17) is 10.5 Å². The zero-order valence-electron chi connectivity index (χ0n) is 24.8. The number of nitrogens with zero attached hydrogens (tertiary/aromatic N) is 2. The minimum atomic E-state index is -2.72. The van der Waals surface area contributed by atoms with Crippen molar-refractivity contribution in [3.63, 3.8) is 0 Å². The maximum Gasteiger partial charge on any atom is 0.311 e. The first-order valence-electron chi connectivity index (χ1n) is 14.2. The second-order valence-corrected chi connectivity index (χ2v) is 11.9. The molecule has 1 amide bonds. The number of carbonyl (C=O) groups excluding carboxylic acids is 4. The number of ether oxygens (including phenoxy) is 1. The summed E-state index contributed by atoms with van der Waals surface area (Å²) in [5.74, 6) is -7.27. The van der Waals surface area contributed by atoms with Gasteiger partial charge in [-0.3, -0.25) is 24.1 Å². The van der Waals surface area contributed by atoms with Gasteiger partial charge in [0.2, 0.25) is 5.78 Å². The highest BCUT2D eigenvalue weighted by molar-refractivity contribution is 6.24. The molecule has 0 radical (unpaired) electrons. The number of aliphatic hydroxyl groups excluding tert-OH is 2. The summed E-state index contributed by atoms with van der Waals surface area (Å²) in [6, 6.07) is 9.08. The number of hydrogen-bond acceptors (Lipinski definition) is 11. The van der Waals surface area contributed by atoms with Crippen molar-refractivity contribution in [1.29, 1.82) is 0 Å². The van der Waals surface area contributed by atoms with Gasteiger partial charge in [0.05, 0.1) is 18.0 Å². The number of rotatable bonds is 7. The highest BCUT2D eigenvalue weighted by atomic mass is 16.5. The maximum absolute atomic E-state index is 14.1. The van der Waals surface area contributed by atoms with Crippen LogP contribution in [0.1, 0.15) is 29.5 Å². The van der Waals surface area contributed by atoms with Crippen LogP contribution in [0.15, 0.2) is 53.3 Å². The summed E-state index contributed by atoms with van der Waals surface area (Å²) in [7, 11) is 6.65. The number of aliphatic hydroxyl groups is 3. The molecule has 0 aliphatic heterocycles. The van der Waals surface area contributed by atoms with E-state index < -0.39 is 64.0 Å². The SMILES string of the molecule is CN(C)c1cc(CCC(=O)Oc2ccccc2)c(O)c2c1C[C@H]1C[C@H]3[C@@H](N(C)C)C(=O)C(C(N)=O)=C(O)[C@@]3(O)C(=O)C1=C2O. The van der Waals surface area contributed by atoms with Crippen LogP contribution >= 0.6 is 0 Å². The van der Waals surface area contributed by atoms with Gasteiger partial charge >= 0.3 is 5.97 Å². The second kappa shape index (κ2) is 11.1. The average Bonchev–Trinajstić information content (AvgIpc) is 2.94. The molecular formula is C32H35N3O9. The summed E-state index contributed by atoms with van der Waals surface area (Å²) in [5.41, 5.74) is 3.01. The highest BCUT2D eigenvalue weighted by Gasteiger charge is 2.64. The van der Waals surface area contributed by atoms with E-state index in [9.17, 15) is 39.6 Å². The third kappa shape index (κ3) is 4.70. The third-order valence-electron chi connectivity index (χ3n) is 8.83. The molecule has 0 bridgehead atoms. The Kier molecular flexibility index (Phi) is 7.77. The van der Waals surface area contributed by atoms with Gasteiger partial charge in [0.25, 0.3) is 5.91 Å². The maximum atomic E-state index is 14.1. The number of phenolic OH excluding ortho intramolecular Hbond substituents is 1. The molecule has 3 aliphatic carbocycles. The molecule has 0 unspecified atom stereocenters. The van der Waals surface area contributed by atoms with Gasteiger partial charge in [-0.05, 0) is 68.6 Å². The van der Waals surface area contributed by atoms with E-state index in [1.165, 1.54) is 4.90 Å². The molecule has 6 N–H and O–H groups in total. The Balaban J connectivity index is 1.59. The fourth-order valence-corrected chi connectivity index (χ4v) is 6.84. The number of Topliss-reactive ketones (excluding diaryl/α,β-unsaturated/α-hetero) is 2. The first-order valence-corrected chi connectivity index (χ1v) is 14.2. The number of carbonyl (C=O) groups is 4. The van der Waals surface area contributed by atoms with Crippen LogP contribution in [0, 0.1) is 11.8 Å². The summed E-state index contributed by atoms with van der Waals surface area (Å²) in [6.07, 6.45) is 0.108. The largest absolute Gasteiger partial charge is 0.508 e. The number of amides is 1. The number of esters is 1. The van der Waals surface area contributed by atoms with Crippen molar-refractivity contribution >= 4 is 34.9 Å². The molecule has 0 aromatic heterocycles. The lowest BCUT2D eigenvalue weighted by Gasteiger charge is -2.50. The Bertz CT molecular complexity index is 1640. The molecule has 12 nitrogen and oxygen atoms in total. The van der Waals surface area contributed by atoms with Gasteiger partial charge in [-0.15, -0.1) is 0 Å². The molecule has 2 aromatic rings. The van der Waals surface area contributed by atoms with Crippen molar-refractivity contribution in [3.05, 3.63) is 70.0 Å². The summed E-state index contributed by atoms with van der Waals surface area (Å²) in [5, 5.41) is 45.8. The van der Waals surface area contributed by atoms with E-state index in [1.54, 1.807) is 69.5 Å². The molecule has 1 saturated carbocycles. The number of hydrogen-bond donors (Lipinski definition) is 5. The van der Waals surface area contributed by atoms with Crippen LogP contribution in [-0.4, -0.2) is 88.6 Å². The van der Waals surface area contributed by atoms with Crippen LogP contribution in [0.25, 0.3) is 5.76 Å². The number of benzene rings is 2. The Morgan fingerprint density at radius 1 is 1.07 bits per heavy atom. The number of fused-ring (bicyclic) bond motifs is 3. The Hall–Kier alpha value is -4.68. The number of para-hydroxylation sites is 1. The Morgan fingerprint density at radius 3 is 2.32 bits per heavy atom. The van der Waals surface area contributed by atoms with E-state index in [1.807, 2.05) is 0 Å². The van der Waals surface area contributed by atoms with Gasteiger partial charge in [-0.25, -0.2) is 0 Å². The van der Waals surface area contributed by atoms with Crippen molar-refractivity contribution in [2.45, 2.75) is 37.3 Å². The Labute approximate surface area is 253 Å². The number of aromatic hydroxyl groups is 1. The molecule has 232 valence electrons. The molecule has 5 rings (SSSR count). The van der Waals surface area contributed by atoms with Crippen molar-refractivity contribution in [1.82, 2.24) is 4.90 Å². The fourth-order valence-electron chi connectivity index (χ4n) is 6.84. The smallest absolute Gasteiger partial charge is 0.311 e. The number of likely N-dealkylation sites (N-methyl/N-ethyl adjacent to an activating group) is 1. The van der Waals surface area contributed by atoms with Crippen LogP contribution in [0.3, 0.4) is 0 Å². The zero-order chi connectivity index (χ0) is 32.2. The first kappa shape index (κ1) is 30.8. The number of anilines is 1. The first-order chi connectivity index (χ1) is 20.7. The number of aryl methyl sites for hydroxylation is 1. The summed E-state index contributed by atoms with van der Waals surface area (Å²) in [6.45, 7) is 0. The average molecular weight is 606 g/mol. The van der Waals surface area contributed by atoms with E-state index in [0.717, 1.165) is 0 Å². The lowest BCUT2D eigenvalue weighted by molar-refractivity contribution is -0.153. The van der Waals surface area contributed by atoms with E-state index in [0.29, 0.717) is 22.6 Å². The van der Waals surface area contributed by atoms with Crippen molar-refractivity contribution < 1.29 is 44.3 Å². The topological polar surface area (TPSA) is 191 Å². The standard InChI is InChI=1S/C32H35N3O9/c1-34(2)20-14-15(10-11-21(36)44-17-8-6-5-7-9-17)26(37)23-18(20)12-16-13-19-25(35(3)4)28(39)24(31(33)42)30(41)32(19,43)29(40)22(16)27(23)38/h5-9,14,16,19,25,37-38,41,43H,10-13H2,1-4H3,(H2,33,42)/t16-,19-,25+,32-/m0/s1. The van der Waals surface area contributed by atoms with E-state index >= 15 is 0 Å². The lowest BCUT2D eigenvalue weighted by atomic mass is 9.57. The van der Waals surface area contributed by atoms with Crippen LogP contribution in [-0.2, 0) is 32.0 Å². The minimum absolute atomic E-state index is 0.00747. The molecule has 1 fully saturated rings. The normalized spacial score (nSPS) is 24.5. The molecule has 44 heavy (non-hydrogen) atoms. The number of ketones is 2. The van der Waals surface area contributed by atoms with Crippen LogP contribution in [0.5, 0.6) is 11.5 Å². The molecule has 12 heteroatoms. The van der Waals surface area contributed by atoms with Gasteiger partial charge in [0.1, 0.15) is 28.6 Å². The van der Waals surface area contributed by atoms with Crippen molar-refractivity contribution in [2.75, 3.05) is 33.1 Å². The quantitative estimate of drug-likeness (QED) is 0.175. The predicted octanol–water partition coefficient (Wildman–Crippen LogP) is 1.57. The van der Waals surface area contributed by atoms with Crippen molar-refractivity contribution in [3.8, 4) is 11.5 Å². The lowest BCUT2D eigenvalue weighted by Crippen LogP contribution is -2.65. The highest BCUT2D eigenvalue weighted by Crippen LogP contribution is 2.54. The summed E-state index contributed by atoms with van der Waals surface area (Å²) < 4.78 is 5.35. The van der Waals surface area contributed by atoms with E-state index in [-0.39, 0.29) is 42.6 Å². The Morgan fingerprint density at radius 2 is 1.73 bits per heavy atom. The van der Waals surface area contributed by atoms with Gasteiger partial charge < -0.3 is 35.8 Å². The molecule has 4 atom stereocenters. The van der Waals surface area contributed by atoms with E-state index in [2.05, 4.69) is 0 Å². The predicted molar refractivity (Wildman–Crippen MR) is 159 cm³/mol. The van der Waals surface area contributed by atoms with Gasteiger partial charge in [-0.2, -0.15) is 0 Å². The zero-order valence-corrected chi connectivity index (χ0v) is 24.8. The second-order valence-electron chi connectivity index (χ2n) is 11.9. The van der Waals surface area contributed by atoms with Crippen LogP contribution in [0.2, 0.25) is 0 Å². The minimum Gasteiger partial charge on any atom is -0.508 e.